The van der Waals surface area contributed by atoms with E-state index in [0.717, 1.165) is 11.0 Å². The summed E-state index contributed by atoms with van der Waals surface area (Å²) in [4.78, 5) is 0. The number of aliphatic hydroxyl groups is 1. The van der Waals surface area contributed by atoms with Crippen molar-refractivity contribution in [3.05, 3.63) is 62.6 Å². The molecule has 1 atom stereocenters. The van der Waals surface area contributed by atoms with Gasteiger partial charge >= 0.3 is 0 Å². The van der Waals surface area contributed by atoms with Gasteiger partial charge in [0.1, 0.15) is 0 Å². The Morgan fingerprint density at radius 2 is 1.80 bits per heavy atom. The minimum atomic E-state index is -0.857. The second-order valence-electron chi connectivity index (χ2n) is 5.55. The standard InChI is InChI=1S/C18H14Cl3N3O/c1-2-7-23-16-9-12(19)4-6-15(16)24(18(23)22)10-17(25)11-3-5-13(20)14(21)8-11/h1,3-6,8-9,17,22,25H,7,10H2. The lowest BCUT2D eigenvalue weighted by Gasteiger charge is -2.13. The molecule has 4 nitrogen and oxygen atoms in total. The highest BCUT2D eigenvalue weighted by Crippen LogP contribution is 2.27. The zero-order valence-electron chi connectivity index (χ0n) is 13.0. The van der Waals surface area contributed by atoms with Crippen LogP contribution in [0.25, 0.3) is 11.0 Å². The van der Waals surface area contributed by atoms with Crippen LogP contribution < -0.4 is 5.62 Å². The van der Waals surface area contributed by atoms with Gasteiger partial charge in [-0.15, -0.1) is 6.42 Å². The Kier molecular flexibility index (Phi) is 5.12. The number of fused-ring (bicyclic) bond motifs is 1. The van der Waals surface area contributed by atoms with Gasteiger partial charge in [-0.3, -0.25) is 9.98 Å². The number of rotatable bonds is 4. The second-order valence-corrected chi connectivity index (χ2v) is 6.80. The molecule has 0 aliphatic heterocycles. The quantitative estimate of drug-likeness (QED) is 0.639. The smallest absolute Gasteiger partial charge is 0.203 e. The van der Waals surface area contributed by atoms with E-state index in [-0.39, 0.29) is 18.7 Å². The van der Waals surface area contributed by atoms with Crippen LogP contribution in [0.15, 0.2) is 36.4 Å². The first-order valence-corrected chi connectivity index (χ1v) is 8.55. The number of terminal acetylenes is 1. The molecule has 0 spiro atoms. The molecular weight excluding hydrogens is 381 g/mol. The van der Waals surface area contributed by atoms with Crippen molar-refractivity contribution in [1.29, 1.82) is 5.41 Å². The van der Waals surface area contributed by atoms with E-state index in [1.165, 1.54) is 0 Å². The molecule has 2 N–H and O–H groups in total. The molecule has 1 unspecified atom stereocenters. The summed E-state index contributed by atoms with van der Waals surface area (Å²) in [5, 5.41) is 20.3. The molecule has 0 aliphatic rings. The Labute approximate surface area is 159 Å². The molecule has 25 heavy (non-hydrogen) atoms. The van der Waals surface area contributed by atoms with Gasteiger partial charge in [-0.1, -0.05) is 46.8 Å². The summed E-state index contributed by atoms with van der Waals surface area (Å²) < 4.78 is 3.36. The largest absolute Gasteiger partial charge is 0.387 e. The maximum absolute atomic E-state index is 10.6. The van der Waals surface area contributed by atoms with E-state index < -0.39 is 6.10 Å². The van der Waals surface area contributed by atoms with Crippen LogP contribution in [0, 0.1) is 17.8 Å². The molecule has 0 aliphatic carbocycles. The van der Waals surface area contributed by atoms with Crippen LogP contribution in [-0.2, 0) is 13.1 Å². The van der Waals surface area contributed by atoms with Gasteiger partial charge in [0.15, 0.2) is 0 Å². The first kappa shape index (κ1) is 17.9. The molecule has 1 heterocycles. The van der Waals surface area contributed by atoms with Crippen molar-refractivity contribution in [3.8, 4) is 12.3 Å². The summed E-state index contributed by atoms with van der Waals surface area (Å²) in [6, 6.07) is 10.3. The summed E-state index contributed by atoms with van der Waals surface area (Å²) in [5.74, 6) is 2.54. The molecule has 0 fully saturated rings. The van der Waals surface area contributed by atoms with Gasteiger partial charge in [-0.05, 0) is 35.9 Å². The van der Waals surface area contributed by atoms with Gasteiger partial charge < -0.3 is 9.67 Å². The topological polar surface area (TPSA) is 53.9 Å². The average Bonchev–Trinajstić information content (AvgIpc) is 2.83. The number of aliphatic hydroxyl groups excluding tert-OH is 1. The van der Waals surface area contributed by atoms with Crippen LogP contribution in [0.4, 0.5) is 0 Å². The van der Waals surface area contributed by atoms with Crippen molar-refractivity contribution >= 4 is 45.8 Å². The van der Waals surface area contributed by atoms with Crippen molar-refractivity contribution < 1.29 is 5.11 Å². The molecule has 1 aromatic heterocycles. The highest BCUT2D eigenvalue weighted by Gasteiger charge is 2.16. The molecular formula is C18H14Cl3N3O. The molecule has 0 saturated carbocycles. The fourth-order valence-electron chi connectivity index (χ4n) is 2.75. The maximum atomic E-state index is 10.6. The summed E-state index contributed by atoms with van der Waals surface area (Å²) in [5.41, 5.74) is 2.32. The monoisotopic (exact) mass is 393 g/mol. The lowest BCUT2D eigenvalue weighted by molar-refractivity contribution is 0.156. The summed E-state index contributed by atoms with van der Waals surface area (Å²) in [6.07, 6.45) is 4.56. The molecule has 7 heteroatoms. The molecule has 0 radical (unpaired) electrons. The highest BCUT2D eigenvalue weighted by atomic mass is 35.5. The fraction of sp³-hybridized carbons (Fsp3) is 0.167. The lowest BCUT2D eigenvalue weighted by Crippen LogP contribution is -2.26. The van der Waals surface area contributed by atoms with Gasteiger partial charge in [-0.2, -0.15) is 0 Å². The number of nitrogens with zero attached hydrogens (tertiary/aromatic N) is 2. The Bertz CT molecular complexity index is 1050. The molecule has 2 aromatic carbocycles. The Hall–Kier alpha value is -1.90. The third-order valence-electron chi connectivity index (χ3n) is 3.96. The van der Waals surface area contributed by atoms with Crippen molar-refractivity contribution in [1.82, 2.24) is 9.13 Å². The number of nitrogens with one attached hydrogen (secondary N) is 1. The number of imidazole rings is 1. The first-order valence-electron chi connectivity index (χ1n) is 7.42. The van der Waals surface area contributed by atoms with Crippen LogP contribution in [0.3, 0.4) is 0 Å². The number of hydrogen-bond acceptors (Lipinski definition) is 2. The van der Waals surface area contributed by atoms with Crippen LogP contribution in [0.1, 0.15) is 11.7 Å². The number of hydrogen-bond donors (Lipinski definition) is 2. The van der Waals surface area contributed by atoms with E-state index in [1.54, 1.807) is 39.5 Å². The minimum Gasteiger partial charge on any atom is -0.387 e. The Balaban J connectivity index is 2.06. The van der Waals surface area contributed by atoms with Gasteiger partial charge in [0, 0.05) is 5.02 Å². The average molecular weight is 395 g/mol. The summed E-state index contributed by atoms with van der Waals surface area (Å²) >= 11 is 18.0. The summed E-state index contributed by atoms with van der Waals surface area (Å²) in [6.45, 7) is 0.415. The predicted octanol–water partition coefficient (Wildman–Crippen LogP) is 4.25. The molecule has 0 amide bonds. The Morgan fingerprint density at radius 1 is 1.04 bits per heavy atom. The third-order valence-corrected chi connectivity index (χ3v) is 4.94. The van der Waals surface area contributed by atoms with E-state index in [9.17, 15) is 5.11 Å². The molecule has 0 bridgehead atoms. The number of halogens is 3. The van der Waals surface area contributed by atoms with E-state index in [1.807, 2.05) is 6.07 Å². The van der Waals surface area contributed by atoms with Crippen molar-refractivity contribution in [2.24, 2.45) is 0 Å². The van der Waals surface area contributed by atoms with Gasteiger partial charge in [0.25, 0.3) is 0 Å². The third kappa shape index (κ3) is 3.42. The lowest BCUT2D eigenvalue weighted by atomic mass is 10.1. The molecule has 3 rings (SSSR count). The van der Waals surface area contributed by atoms with Crippen LogP contribution >= 0.6 is 34.8 Å². The molecule has 128 valence electrons. The van der Waals surface area contributed by atoms with Crippen molar-refractivity contribution in [2.45, 2.75) is 19.2 Å². The second kappa shape index (κ2) is 7.15. The Morgan fingerprint density at radius 3 is 2.48 bits per heavy atom. The van der Waals surface area contributed by atoms with Crippen LogP contribution in [-0.4, -0.2) is 14.2 Å². The van der Waals surface area contributed by atoms with E-state index >= 15 is 0 Å². The normalized spacial score (nSPS) is 12.3. The first-order chi connectivity index (χ1) is 11.9. The highest BCUT2D eigenvalue weighted by molar-refractivity contribution is 6.42. The van der Waals surface area contributed by atoms with Crippen molar-refractivity contribution in [3.63, 3.8) is 0 Å². The van der Waals surface area contributed by atoms with E-state index in [2.05, 4.69) is 5.92 Å². The molecule has 3 aromatic rings. The SMILES string of the molecule is C#CCn1c(=N)n(CC(O)c2ccc(Cl)c(Cl)c2)c2ccc(Cl)cc21. The maximum Gasteiger partial charge on any atom is 0.203 e. The zero-order valence-corrected chi connectivity index (χ0v) is 15.3. The number of benzene rings is 2. The number of aromatic nitrogens is 2. The van der Waals surface area contributed by atoms with Crippen molar-refractivity contribution in [2.75, 3.05) is 0 Å². The zero-order chi connectivity index (χ0) is 18.1. The minimum absolute atomic E-state index is 0.173. The fourth-order valence-corrected chi connectivity index (χ4v) is 3.22. The van der Waals surface area contributed by atoms with E-state index in [4.69, 9.17) is 46.6 Å². The molecule has 0 saturated heterocycles. The van der Waals surface area contributed by atoms with Gasteiger partial charge in [0.2, 0.25) is 5.62 Å². The van der Waals surface area contributed by atoms with Crippen LogP contribution in [0.5, 0.6) is 0 Å². The van der Waals surface area contributed by atoms with Crippen LogP contribution in [0.2, 0.25) is 15.1 Å². The van der Waals surface area contributed by atoms with Gasteiger partial charge in [-0.25, -0.2) is 0 Å². The predicted molar refractivity (Wildman–Crippen MR) is 101 cm³/mol. The summed E-state index contributed by atoms with van der Waals surface area (Å²) in [7, 11) is 0. The van der Waals surface area contributed by atoms with E-state index in [0.29, 0.717) is 20.6 Å². The van der Waals surface area contributed by atoms with Gasteiger partial charge in [0.05, 0.1) is 40.3 Å².